The molecule has 1 unspecified atom stereocenters. The van der Waals surface area contributed by atoms with Gasteiger partial charge in [0.05, 0.1) is 22.2 Å². The van der Waals surface area contributed by atoms with Gasteiger partial charge in [-0.2, -0.15) is 0 Å². The normalized spacial score (nSPS) is 14.6. The second-order valence-electron chi connectivity index (χ2n) is 12.5. The molecule has 0 saturated heterocycles. The van der Waals surface area contributed by atoms with Gasteiger partial charge in [0, 0.05) is 55.7 Å². The molecule has 6 aromatic carbocycles. The molecule has 0 bridgehead atoms. The Balaban J connectivity index is 1.18. The van der Waals surface area contributed by atoms with Crippen molar-refractivity contribution in [3.05, 3.63) is 163 Å². The molecule has 0 saturated carbocycles. The largest absolute Gasteiger partial charge is 0.456 e. The molecule has 1 atom stereocenters. The van der Waals surface area contributed by atoms with Crippen molar-refractivity contribution in [1.82, 2.24) is 14.5 Å². The Morgan fingerprint density at radius 1 is 0.604 bits per heavy atom. The van der Waals surface area contributed by atoms with Gasteiger partial charge in [0.1, 0.15) is 11.2 Å². The third-order valence-electron chi connectivity index (χ3n) is 9.74. The van der Waals surface area contributed by atoms with Gasteiger partial charge in [-0.15, -0.1) is 0 Å². The van der Waals surface area contributed by atoms with E-state index in [0.717, 1.165) is 61.8 Å². The van der Waals surface area contributed by atoms with Crippen LogP contribution in [-0.2, 0) is 0 Å². The van der Waals surface area contributed by atoms with Gasteiger partial charge in [-0.3, -0.25) is 0 Å². The highest BCUT2D eigenvalue weighted by Gasteiger charge is 2.21. The number of aromatic nitrogens is 3. The summed E-state index contributed by atoms with van der Waals surface area (Å²) in [6.45, 7) is 0. The highest BCUT2D eigenvalue weighted by molar-refractivity contribution is 6.14. The van der Waals surface area contributed by atoms with Crippen LogP contribution in [0.25, 0.3) is 83.0 Å². The van der Waals surface area contributed by atoms with Crippen LogP contribution < -0.4 is 0 Å². The van der Waals surface area contributed by atoms with E-state index in [4.69, 9.17) is 14.4 Å². The summed E-state index contributed by atoms with van der Waals surface area (Å²) >= 11 is 0. The molecule has 10 rings (SSSR count). The van der Waals surface area contributed by atoms with E-state index in [9.17, 15) is 0 Å². The summed E-state index contributed by atoms with van der Waals surface area (Å²) in [6.07, 6.45) is 9.90. The maximum absolute atomic E-state index is 6.61. The summed E-state index contributed by atoms with van der Waals surface area (Å²) in [4.78, 5) is 10.3. The first-order chi connectivity index (χ1) is 23.8. The zero-order chi connectivity index (χ0) is 31.6. The number of hydrogen-bond acceptors (Lipinski definition) is 3. The van der Waals surface area contributed by atoms with Gasteiger partial charge in [-0.25, -0.2) is 9.97 Å². The van der Waals surface area contributed by atoms with Crippen molar-refractivity contribution >= 4 is 54.6 Å². The standard InChI is InChI=1S/C44H29N3O/c1-3-13-28(14-4-1)31-19-11-23-38-41(31)33-18-8-10-22-37(33)47(38)30-25-26-34-40(27-30)48-39-24-12-20-35(42(34)39)44-45-36-21-9-7-17-32(36)43(46-44)29-15-5-2-6-16-29/h1-13,15-28H,14H2. The van der Waals surface area contributed by atoms with Crippen LogP contribution in [0.15, 0.2) is 162 Å². The number of hydrogen-bond donors (Lipinski definition) is 0. The van der Waals surface area contributed by atoms with Gasteiger partial charge in [-0.05, 0) is 48.4 Å². The van der Waals surface area contributed by atoms with Gasteiger partial charge in [0.2, 0.25) is 0 Å². The molecule has 0 aliphatic heterocycles. The molecule has 0 spiro atoms. The minimum absolute atomic E-state index is 0.356. The summed E-state index contributed by atoms with van der Waals surface area (Å²) in [5, 5.41) is 5.68. The van der Waals surface area contributed by atoms with E-state index in [0.29, 0.717) is 11.7 Å². The Labute approximate surface area is 276 Å². The maximum Gasteiger partial charge on any atom is 0.161 e. The minimum Gasteiger partial charge on any atom is -0.456 e. The molecule has 0 fully saturated rings. The number of nitrogens with zero attached hydrogens (tertiary/aromatic N) is 3. The molecular weight excluding hydrogens is 587 g/mol. The Hall–Kier alpha value is -6.26. The quantitative estimate of drug-likeness (QED) is 0.198. The molecule has 1 aliphatic rings. The van der Waals surface area contributed by atoms with Crippen molar-refractivity contribution in [1.29, 1.82) is 0 Å². The van der Waals surface area contributed by atoms with Crippen molar-refractivity contribution in [3.8, 4) is 28.3 Å². The average molecular weight is 616 g/mol. The maximum atomic E-state index is 6.61. The Kier molecular flexibility index (Phi) is 5.97. The summed E-state index contributed by atoms with van der Waals surface area (Å²) < 4.78 is 8.99. The van der Waals surface area contributed by atoms with Crippen LogP contribution >= 0.6 is 0 Å². The SMILES string of the molecule is C1=CCC(c2cccc3c2c2ccccc2n3-c2ccc3c(c2)oc2cccc(-c4nc(-c5ccccc5)c5ccccc5n4)c23)C=C1. The zero-order valence-corrected chi connectivity index (χ0v) is 26.0. The Bertz CT molecular complexity index is 2770. The van der Waals surface area contributed by atoms with Crippen LogP contribution in [0.3, 0.4) is 0 Å². The van der Waals surface area contributed by atoms with Crippen LogP contribution in [0.5, 0.6) is 0 Å². The highest BCUT2D eigenvalue weighted by atomic mass is 16.3. The number of rotatable bonds is 4. The molecule has 0 radical (unpaired) electrons. The summed E-state index contributed by atoms with van der Waals surface area (Å²) in [5.41, 5.74) is 10.3. The van der Waals surface area contributed by atoms with Crippen LogP contribution in [0.4, 0.5) is 0 Å². The smallest absolute Gasteiger partial charge is 0.161 e. The van der Waals surface area contributed by atoms with Crippen molar-refractivity contribution in [2.45, 2.75) is 12.3 Å². The van der Waals surface area contributed by atoms with Crippen LogP contribution in [0, 0.1) is 0 Å². The number of allylic oxidation sites excluding steroid dienone is 4. The average Bonchev–Trinajstić information content (AvgIpc) is 3.70. The summed E-state index contributed by atoms with van der Waals surface area (Å²) in [5.74, 6) is 1.04. The topological polar surface area (TPSA) is 43.9 Å². The van der Waals surface area contributed by atoms with E-state index in [1.807, 2.05) is 30.3 Å². The molecule has 4 heteroatoms. The van der Waals surface area contributed by atoms with Crippen molar-refractivity contribution in [2.24, 2.45) is 0 Å². The predicted octanol–water partition coefficient (Wildman–Crippen LogP) is 11.6. The lowest BCUT2D eigenvalue weighted by Gasteiger charge is -2.15. The second-order valence-corrected chi connectivity index (χ2v) is 12.5. The van der Waals surface area contributed by atoms with Crippen LogP contribution in [0.1, 0.15) is 17.9 Å². The predicted molar refractivity (Wildman–Crippen MR) is 198 cm³/mol. The highest BCUT2D eigenvalue weighted by Crippen LogP contribution is 2.41. The van der Waals surface area contributed by atoms with E-state index < -0.39 is 0 Å². The van der Waals surface area contributed by atoms with Gasteiger partial charge >= 0.3 is 0 Å². The molecule has 9 aromatic rings. The van der Waals surface area contributed by atoms with E-state index in [1.54, 1.807) is 0 Å². The molecule has 0 N–H and O–H groups in total. The third-order valence-corrected chi connectivity index (χ3v) is 9.74. The number of fused-ring (bicyclic) bond motifs is 7. The van der Waals surface area contributed by atoms with Crippen LogP contribution in [0.2, 0.25) is 0 Å². The monoisotopic (exact) mass is 615 g/mol. The van der Waals surface area contributed by atoms with Crippen LogP contribution in [-0.4, -0.2) is 14.5 Å². The Morgan fingerprint density at radius 2 is 1.42 bits per heavy atom. The second kappa shape index (κ2) is 10.6. The van der Waals surface area contributed by atoms with Crippen molar-refractivity contribution < 1.29 is 4.42 Å². The lowest BCUT2D eigenvalue weighted by atomic mass is 9.89. The first kappa shape index (κ1) is 26.9. The molecule has 3 aromatic heterocycles. The molecule has 48 heavy (non-hydrogen) atoms. The fraction of sp³-hybridized carbons (Fsp3) is 0.0455. The summed E-state index contributed by atoms with van der Waals surface area (Å²) in [7, 11) is 0. The molecular formula is C44H29N3O. The fourth-order valence-electron chi connectivity index (χ4n) is 7.60. The van der Waals surface area contributed by atoms with Gasteiger partial charge in [0.25, 0.3) is 0 Å². The van der Waals surface area contributed by atoms with E-state index in [-0.39, 0.29) is 0 Å². The van der Waals surface area contributed by atoms with Gasteiger partial charge in [0.15, 0.2) is 5.82 Å². The minimum atomic E-state index is 0.356. The molecule has 1 aliphatic carbocycles. The molecule has 226 valence electrons. The number of benzene rings is 6. The summed E-state index contributed by atoms with van der Waals surface area (Å²) in [6, 6.07) is 46.8. The molecule has 4 nitrogen and oxygen atoms in total. The van der Waals surface area contributed by atoms with Crippen molar-refractivity contribution in [2.75, 3.05) is 0 Å². The molecule has 0 amide bonds. The van der Waals surface area contributed by atoms with E-state index in [1.165, 1.54) is 27.4 Å². The van der Waals surface area contributed by atoms with Crippen molar-refractivity contribution in [3.63, 3.8) is 0 Å². The van der Waals surface area contributed by atoms with E-state index >= 15 is 0 Å². The molecule has 3 heterocycles. The number of para-hydroxylation sites is 2. The van der Waals surface area contributed by atoms with Gasteiger partial charge in [-0.1, -0.05) is 115 Å². The third kappa shape index (κ3) is 4.09. The lowest BCUT2D eigenvalue weighted by molar-refractivity contribution is 0.668. The Morgan fingerprint density at radius 3 is 2.31 bits per heavy atom. The van der Waals surface area contributed by atoms with Gasteiger partial charge < -0.3 is 8.98 Å². The lowest BCUT2D eigenvalue weighted by Crippen LogP contribution is -1.98. The first-order valence-corrected chi connectivity index (χ1v) is 16.5. The van der Waals surface area contributed by atoms with E-state index in [2.05, 4.69) is 132 Å². The fourth-order valence-corrected chi connectivity index (χ4v) is 7.60. The first-order valence-electron chi connectivity index (χ1n) is 16.5. The zero-order valence-electron chi connectivity index (χ0n) is 26.0. The number of furan rings is 1.